The minimum Gasteiger partial charge on any atom is -0.393 e. The van der Waals surface area contributed by atoms with Crippen molar-refractivity contribution in [3.05, 3.63) is 33.9 Å². The van der Waals surface area contributed by atoms with Gasteiger partial charge < -0.3 is 10.6 Å². The lowest BCUT2D eigenvalue weighted by molar-refractivity contribution is -0.383. The lowest BCUT2D eigenvalue weighted by Crippen LogP contribution is -2.34. The van der Waals surface area contributed by atoms with Crippen LogP contribution in [0.5, 0.6) is 0 Å². The third-order valence-corrected chi connectivity index (χ3v) is 3.65. The molecule has 0 aromatic heterocycles. The van der Waals surface area contributed by atoms with Crippen LogP contribution in [0.15, 0.2) is 18.2 Å². The first-order valence-corrected chi connectivity index (χ1v) is 6.93. The van der Waals surface area contributed by atoms with E-state index in [0.717, 1.165) is 25.7 Å². The number of nitrogen functional groups attached to an aromatic ring is 1. The number of hydrogen-bond acceptors (Lipinski definition) is 4. The van der Waals surface area contributed by atoms with Crippen molar-refractivity contribution in [1.82, 2.24) is 4.90 Å². The fraction of sp³-hybridized carbons (Fsp3) is 0.500. The maximum absolute atomic E-state index is 12.5. The second kappa shape index (κ2) is 6.36. The molecular weight excluding hydrogens is 258 g/mol. The molecule has 1 fully saturated rings. The first kappa shape index (κ1) is 14.3. The van der Waals surface area contributed by atoms with E-state index in [0.29, 0.717) is 13.1 Å². The predicted molar refractivity (Wildman–Crippen MR) is 76.5 cm³/mol. The highest BCUT2D eigenvalue weighted by Gasteiger charge is 2.23. The largest absolute Gasteiger partial charge is 0.393 e. The number of nitro benzene ring substituents is 1. The van der Waals surface area contributed by atoms with Crippen LogP contribution < -0.4 is 5.73 Å². The lowest BCUT2D eigenvalue weighted by atomic mass is 10.1. The summed E-state index contributed by atoms with van der Waals surface area (Å²) in [5.74, 6) is -0.201. The Hall–Kier alpha value is -2.11. The Bertz CT molecular complexity index is 508. The van der Waals surface area contributed by atoms with Gasteiger partial charge in [0.2, 0.25) is 0 Å². The van der Waals surface area contributed by atoms with Crippen LogP contribution in [-0.2, 0) is 0 Å². The molecule has 0 aliphatic carbocycles. The van der Waals surface area contributed by atoms with Crippen LogP contribution in [-0.4, -0.2) is 28.8 Å². The Morgan fingerprint density at radius 1 is 1.15 bits per heavy atom. The normalized spacial score (nSPS) is 16.3. The highest BCUT2D eigenvalue weighted by molar-refractivity contribution is 6.01. The van der Waals surface area contributed by atoms with Crippen molar-refractivity contribution >= 4 is 17.3 Å². The molecule has 0 atom stereocenters. The van der Waals surface area contributed by atoms with Gasteiger partial charge in [-0.1, -0.05) is 25.3 Å². The topological polar surface area (TPSA) is 89.5 Å². The number of hydrogen-bond donors (Lipinski definition) is 1. The van der Waals surface area contributed by atoms with Crippen LogP contribution in [0.3, 0.4) is 0 Å². The summed E-state index contributed by atoms with van der Waals surface area (Å²) in [4.78, 5) is 24.6. The Morgan fingerprint density at radius 3 is 2.35 bits per heavy atom. The van der Waals surface area contributed by atoms with Gasteiger partial charge in [0.05, 0.1) is 10.5 Å². The quantitative estimate of drug-likeness (QED) is 0.511. The molecule has 1 aromatic rings. The maximum Gasteiger partial charge on any atom is 0.292 e. The van der Waals surface area contributed by atoms with Crippen molar-refractivity contribution in [3.63, 3.8) is 0 Å². The standard InChI is InChI=1S/C14H19N3O3/c15-13-11(7-6-8-12(13)17(19)20)14(18)16-9-4-2-1-3-5-10-16/h6-8H,1-5,9-10,15H2. The van der Waals surface area contributed by atoms with E-state index in [4.69, 9.17) is 5.73 Å². The summed E-state index contributed by atoms with van der Waals surface area (Å²) in [6.07, 6.45) is 5.39. The number of para-hydroxylation sites is 1. The summed E-state index contributed by atoms with van der Waals surface area (Å²) in [5.41, 5.74) is 5.77. The highest BCUT2D eigenvalue weighted by atomic mass is 16.6. The van der Waals surface area contributed by atoms with Crippen molar-refractivity contribution < 1.29 is 9.72 Å². The molecule has 6 nitrogen and oxygen atoms in total. The van der Waals surface area contributed by atoms with Gasteiger partial charge in [-0.2, -0.15) is 0 Å². The SMILES string of the molecule is Nc1c(C(=O)N2CCCCCCC2)cccc1[N+](=O)[O-]. The van der Waals surface area contributed by atoms with Crippen LogP contribution >= 0.6 is 0 Å². The summed E-state index contributed by atoms with van der Waals surface area (Å²) in [6, 6.07) is 4.38. The van der Waals surface area contributed by atoms with E-state index in [1.165, 1.54) is 18.6 Å². The maximum atomic E-state index is 12.5. The number of nitro groups is 1. The molecule has 1 aromatic carbocycles. The number of amides is 1. The molecule has 0 unspecified atom stereocenters. The zero-order chi connectivity index (χ0) is 14.5. The lowest BCUT2D eigenvalue weighted by Gasteiger charge is -2.25. The van der Waals surface area contributed by atoms with Gasteiger partial charge in [-0.3, -0.25) is 14.9 Å². The molecule has 1 aliphatic heterocycles. The molecule has 0 saturated carbocycles. The fourth-order valence-corrected chi connectivity index (χ4v) is 2.52. The van der Waals surface area contributed by atoms with E-state index in [1.54, 1.807) is 11.0 Å². The molecule has 1 saturated heterocycles. The molecule has 1 amide bonds. The number of nitrogens with two attached hydrogens (primary N) is 1. The van der Waals surface area contributed by atoms with Crippen molar-refractivity contribution in [2.45, 2.75) is 32.1 Å². The molecule has 0 bridgehead atoms. The van der Waals surface area contributed by atoms with Crippen molar-refractivity contribution in [2.75, 3.05) is 18.8 Å². The summed E-state index contributed by atoms with van der Waals surface area (Å²) < 4.78 is 0. The van der Waals surface area contributed by atoms with Gasteiger partial charge in [-0.15, -0.1) is 0 Å². The van der Waals surface area contributed by atoms with Crippen LogP contribution in [0.1, 0.15) is 42.5 Å². The van der Waals surface area contributed by atoms with Crippen LogP contribution in [0, 0.1) is 10.1 Å². The van der Waals surface area contributed by atoms with E-state index < -0.39 is 4.92 Å². The number of carbonyl (C=O) groups is 1. The zero-order valence-corrected chi connectivity index (χ0v) is 11.4. The van der Waals surface area contributed by atoms with Crippen molar-refractivity contribution in [1.29, 1.82) is 0 Å². The first-order valence-electron chi connectivity index (χ1n) is 6.93. The molecule has 108 valence electrons. The van der Waals surface area contributed by atoms with E-state index >= 15 is 0 Å². The first-order chi connectivity index (χ1) is 9.61. The number of likely N-dealkylation sites (tertiary alicyclic amines) is 1. The molecule has 20 heavy (non-hydrogen) atoms. The average molecular weight is 277 g/mol. The molecule has 1 aliphatic rings. The number of anilines is 1. The molecule has 2 N–H and O–H groups in total. The molecule has 0 radical (unpaired) electrons. The number of nitrogens with zero attached hydrogens (tertiary/aromatic N) is 2. The van der Waals surface area contributed by atoms with Gasteiger partial charge in [0, 0.05) is 19.2 Å². The Morgan fingerprint density at radius 2 is 1.75 bits per heavy atom. The number of carbonyl (C=O) groups excluding carboxylic acids is 1. The molecule has 1 heterocycles. The van der Waals surface area contributed by atoms with Gasteiger partial charge in [-0.05, 0) is 18.9 Å². The Balaban J connectivity index is 2.23. The summed E-state index contributed by atoms with van der Waals surface area (Å²) in [7, 11) is 0. The van der Waals surface area contributed by atoms with E-state index in [1.807, 2.05) is 0 Å². The second-order valence-electron chi connectivity index (χ2n) is 5.06. The van der Waals surface area contributed by atoms with Crippen LogP contribution in [0.2, 0.25) is 0 Å². The summed E-state index contributed by atoms with van der Waals surface area (Å²) in [6.45, 7) is 1.39. The monoisotopic (exact) mass is 277 g/mol. The highest BCUT2D eigenvalue weighted by Crippen LogP contribution is 2.26. The van der Waals surface area contributed by atoms with Crippen molar-refractivity contribution in [2.24, 2.45) is 0 Å². The predicted octanol–water partition coefficient (Wildman–Crippen LogP) is 2.58. The van der Waals surface area contributed by atoms with Crippen molar-refractivity contribution in [3.8, 4) is 0 Å². The summed E-state index contributed by atoms with van der Waals surface area (Å²) >= 11 is 0. The van der Waals surface area contributed by atoms with E-state index in [2.05, 4.69) is 0 Å². The molecule has 6 heteroatoms. The summed E-state index contributed by atoms with van der Waals surface area (Å²) in [5, 5.41) is 10.9. The fourth-order valence-electron chi connectivity index (χ4n) is 2.52. The van der Waals surface area contributed by atoms with Gasteiger partial charge in [0.1, 0.15) is 5.69 Å². The van der Waals surface area contributed by atoms with E-state index in [9.17, 15) is 14.9 Å². The molecule has 0 spiro atoms. The van der Waals surface area contributed by atoms with Gasteiger partial charge in [0.25, 0.3) is 11.6 Å². The van der Waals surface area contributed by atoms with Gasteiger partial charge >= 0.3 is 0 Å². The second-order valence-corrected chi connectivity index (χ2v) is 5.06. The van der Waals surface area contributed by atoms with Crippen LogP contribution in [0.4, 0.5) is 11.4 Å². The van der Waals surface area contributed by atoms with Gasteiger partial charge in [0.15, 0.2) is 0 Å². The Kier molecular flexibility index (Phi) is 4.55. The third-order valence-electron chi connectivity index (χ3n) is 3.65. The number of benzene rings is 1. The minimum atomic E-state index is -0.556. The average Bonchev–Trinajstić information content (AvgIpc) is 2.37. The molecule has 2 rings (SSSR count). The van der Waals surface area contributed by atoms with Gasteiger partial charge in [-0.25, -0.2) is 0 Å². The van der Waals surface area contributed by atoms with E-state index in [-0.39, 0.29) is 22.8 Å². The number of rotatable bonds is 2. The van der Waals surface area contributed by atoms with Crippen LogP contribution in [0.25, 0.3) is 0 Å². The molecular formula is C14H19N3O3. The Labute approximate surface area is 117 Å². The zero-order valence-electron chi connectivity index (χ0n) is 11.4. The smallest absolute Gasteiger partial charge is 0.292 e. The minimum absolute atomic E-state index is 0.0374. The third kappa shape index (κ3) is 3.07.